The number of halogens is 1. The van der Waals surface area contributed by atoms with Gasteiger partial charge in [-0.3, -0.25) is 4.79 Å². The van der Waals surface area contributed by atoms with Gasteiger partial charge in [-0.25, -0.2) is 0 Å². The second kappa shape index (κ2) is 8.67. The summed E-state index contributed by atoms with van der Waals surface area (Å²) in [6, 6.07) is 13.7. The van der Waals surface area contributed by atoms with Gasteiger partial charge in [0.05, 0.1) is 25.4 Å². The molecule has 0 radical (unpaired) electrons. The predicted octanol–water partition coefficient (Wildman–Crippen LogP) is 4.11. The lowest BCUT2D eigenvalue weighted by atomic mass is 9.95. The fourth-order valence-electron chi connectivity index (χ4n) is 3.20. The molecule has 3 rings (SSSR count). The molecule has 0 aromatic heterocycles. The van der Waals surface area contributed by atoms with Gasteiger partial charge in [-0.05, 0) is 48.2 Å². The average molecular weight is 375 g/mol. The standard InChI is InChI=1S/C21H23ClO4/c1-2-25-18-6-3-14(4-7-18)9-16-10-15(5-8-20(16)22)21-12-17(24)11-19(13-23)26-21/h3-8,10,19,21,23H,2,9,11-13H2,1H3. The van der Waals surface area contributed by atoms with Crippen molar-refractivity contribution in [1.82, 2.24) is 0 Å². The van der Waals surface area contributed by atoms with Gasteiger partial charge in [0.25, 0.3) is 0 Å². The quantitative estimate of drug-likeness (QED) is 0.826. The van der Waals surface area contributed by atoms with Crippen molar-refractivity contribution in [2.24, 2.45) is 0 Å². The minimum atomic E-state index is -0.425. The molecule has 5 heteroatoms. The van der Waals surface area contributed by atoms with E-state index in [1.807, 2.05) is 49.4 Å². The van der Waals surface area contributed by atoms with Crippen LogP contribution in [0.1, 0.15) is 42.6 Å². The van der Waals surface area contributed by atoms with Gasteiger partial charge >= 0.3 is 0 Å². The maximum Gasteiger partial charge on any atom is 0.138 e. The van der Waals surface area contributed by atoms with Gasteiger partial charge in [0.15, 0.2) is 0 Å². The zero-order valence-electron chi connectivity index (χ0n) is 14.8. The zero-order chi connectivity index (χ0) is 18.5. The average Bonchev–Trinajstić information content (AvgIpc) is 2.64. The molecule has 1 N–H and O–H groups in total. The Kier molecular flexibility index (Phi) is 6.30. The molecule has 0 saturated carbocycles. The summed E-state index contributed by atoms with van der Waals surface area (Å²) in [6.07, 6.45) is 0.542. The molecule has 2 aromatic rings. The molecular formula is C21H23ClO4. The Morgan fingerprint density at radius 3 is 2.65 bits per heavy atom. The summed E-state index contributed by atoms with van der Waals surface area (Å²) < 4.78 is 11.3. The Balaban J connectivity index is 1.78. The van der Waals surface area contributed by atoms with Crippen molar-refractivity contribution < 1.29 is 19.4 Å². The molecule has 1 aliphatic heterocycles. The van der Waals surface area contributed by atoms with Gasteiger partial charge in [0.2, 0.25) is 0 Å². The monoisotopic (exact) mass is 374 g/mol. The number of carbonyl (C=O) groups is 1. The van der Waals surface area contributed by atoms with Crippen molar-refractivity contribution in [1.29, 1.82) is 0 Å². The van der Waals surface area contributed by atoms with Crippen LogP contribution in [0.2, 0.25) is 5.02 Å². The van der Waals surface area contributed by atoms with Crippen LogP contribution >= 0.6 is 11.6 Å². The fraction of sp³-hybridized carbons (Fsp3) is 0.381. The summed E-state index contributed by atoms with van der Waals surface area (Å²) in [5.41, 5.74) is 3.03. The minimum Gasteiger partial charge on any atom is -0.494 e. The smallest absolute Gasteiger partial charge is 0.138 e. The second-order valence-electron chi connectivity index (χ2n) is 6.48. The highest BCUT2D eigenvalue weighted by Crippen LogP contribution is 2.32. The largest absolute Gasteiger partial charge is 0.494 e. The van der Waals surface area contributed by atoms with Crippen LogP contribution in [-0.4, -0.2) is 30.2 Å². The first-order chi connectivity index (χ1) is 12.6. The maximum absolute atomic E-state index is 11.9. The van der Waals surface area contributed by atoms with E-state index in [1.165, 1.54) is 0 Å². The number of aliphatic hydroxyl groups is 1. The van der Waals surface area contributed by atoms with Crippen LogP contribution in [0.25, 0.3) is 0 Å². The Hall–Kier alpha value is -1.88. The van der Waals surface area contributed by atoms with Crippen LogP contribution in [0, 0.1) is 0 Å². The van der Waals surface area contributed by atoms with E-state index in [9.17, 15) is 9.90 Å². The molecule has 2 atom stereocenters. The highest BCUT2D eigenvalue weighted by Gasteiger charge is 2.28. The Morgan fingerprint density at radius 1 is 1.19 bits per heavy atom. The lowest BCUT2D eigenvalue weighted by Crippen LogP contribution is -2.30. The van der Waals surface area contributed by atoms with E-state index < -0.39 is 6.10 Å². The third-order valence-electron chi connectivity index (χ3n) is 4.50. The molecule has 1 saturated heterocycles. The number of ether oxygens (including phenoxy) is 2. The first-order valence-corrected chi connectivity index (χ1v) is 9.25. The first kappa shape index (κ1) is 18.9. The van der Waals surface area contributed by atoms with Crippen LogP contribution in [-0.2, 0) is 16.0 Å². The van der Waals surface area contributed by atoms with Crippen molar-refractivity contribution in [3.05, 3.63) is 64.2 Å². The predicted molar refractivity (Wildman–Crippen MR) is 101 cm³/mol. The number of hydrogen-bond donors (Lipinski definition) is 1. The van der Waals surface area contributed by atoms with Crippen molar-refractivity contribution in [2.75, 3.05) is 13.2 Å². The van der Waals surface area contributed by atoms with E-state index in [1.54, 1.807) is 0 Å². The number of ketones is 1. The summed E-state index contributed by atoms with van der Waals surface area (Å²) in [4.78, 5) is 11.9. The minimum absolute atomic E-state index is 0.114. The lowest BCUT2D eigenvalue weighted by Gasteiger charge is -2.28. The van der Waals surface area contributed by atoms with E-state index in [4.69, 9.17) is 21.1 Å². The number of benzene rings is 2. The number of carbonyl (C=O) groups excluding carboxylic acids is 1. The third-order valence-corrected chi connectivity index (χ3v) is 4.87. The zero-order valence-corrected chi connectivity index (χ0v) is 15.5. The van der Waals surface area contributed by atoms with Gasteiger partial charge in [-0.2, -0.15) is 0 Å². The molecule has 4 nitrogen and oxygen atoms in total. The molecule has 138 valence electrons. The molecule has 1 fully saturated rings. The number of hydrogen-bond acceptors (Lipinski definition) is 4. The van der Waals surface area contributed by atoms with Gasteiger partial charge in [-0.1, -0.05) is 35.9 Å². The normalized spacial score (nSPS) is 20.2. The molecule has 2 unspecified atom stereocenters. The van der Waals surface area contributed by atoms with E-state index in [-0.39, 0.29) is 24.9 Å². The molecule has 0 amide bonds. The van der Waals surface area contributed by atoms with Gasteiger partial charge in [0.1, 0.15) is 11.5 Å². The van der Waals surface area contributed by atoms with Crippen molar-refractivity contribution in [2.45, 2.75) is 38.4 Å². The molecule has 1 aliphatic rings. The summed E-state index contributed by atoms with van der Waals surface area (Å²) in [5.74, 6) is 0.962. The molecule has 26 heavy (non-hydrogen) atoms. The van der Waals surface area contributed by atoms with E-state index in [0.717, 1.165) is 22.4 Å². The summed E-state index contributed by atoms with van der Waals surface area (Å²) in [7, 11) is 0. The Morgan fingerprint density at radius 2 is 1.96 bits per heavy atom. The number of aliphatic hydroxyl groups excluding tert-OH is 1. The fourth-order valence-corrected chi connectivity index (χ4v) is 3.38. The lowest BCUT2D eigenvalue weighted by molar-refractivity contribution is -0.139. The number of Topliss-reactive ketones (excluding diaryl/α,β-unsaturated/α-hetero) is 1. The Bertz CT molecular complexity index is 757. The molecule has 1 heterocycles. The summed E-state index contributed by atoms with van der Waals surface area (Å²) in [5, 5.41) is 10.0. The Labute approximate surface area is 158 Å². The van der Waals surface area contributed by atoms with Crippen LogP contribution in [0.5, 0.6) is 5.75 Å². The molecule has 0 bridgehead atoms. The first-order valence-electron chi connectivity index (χ1n) is 8.87. The SMILES string of the molecule is CCOc1ccc(Cc2cc(C3CC(=O)CC(CO)O3)ccc2Cl)cc1. The highest BCUT2D eigenvalue weighted by molar-refractivity contribution is 6.31. The second-order valence-corrected chi connectivity index (χ2v) is 6.89. The third kappa shape index (κ3) is 4.64. The van der Waals surface area contributed by atoms with Crippen LogP contribution in [0.3, 0.4) is 0 Å². The number of rotatable bonds is 6. The van der Waals surface area contributed by atoms with Crippen molar-refractivity contribution >= 4 is 17.4 Å². The molecular weight excluding hydrogens is 352 g/mol. The molecule has 0 spiro atoms. The highest BCUT2D eigenvalue weighted by atomic mass is 35.5. The van der Waals surface area contributed by atoms with Gasteiger partial charge < -0.3 is 14.6 Å². The molecule has 2 aromatic carbocycles. The van der Waals surface area contributed by atoms with Crippen molar-refractivity contribution in [3.63, 3.8) is 0 Å². The van der Waals surface area contributed by atoms with E-state index in [0.29, 0.717) is 24.5 Å². The summed E-state index contributed by atoms with van der Waals surface area (Å²) >= 11 is 6.38. The van der Waals surface area contributed by atoms with Gasteiger partial charge in [-0.15, -0.1) is 0 Å². The van der Waals surface area contributed by atoms with E-state index >= 15 is 0 Å². The summed E-state index contributed by atoms with van der Waals surface area (Å²) in [6.45, 7) is 2.45. The van der Waals surface area contributed by atoms with E-state index in [2.05, 4.69) is 0 Å². The maximum atomic E-state index is 11.9. The van der Waals surface area contributed by atoms with Crippen LogP contribution in [0.4, 0.5) is 0 Å². The van der Waals surface area contributed by atoms with Crippen LogP contribution in [0.15, 0.2) is 42.5 Å². The topological polar surface area (TPSA) is 55.8 Å². The van der Waals surface area contributed by atoms with Gasteiger partial charge in [0, 0.05) is 17.9 Å². The van der Waals surface area contributed by atoms with Crippen LogP contribution < -0.4 is 4.74 Å². The molecule has 0 aliphatic carbocycles. The van der Waals surface area contributed by atoms with Crippen molar-refractivity contribution in [3.8, 4) is 5.75 Å².